The van der Waals surface area contributed by atoms with E-state index in [1.807, 2.05) is 6.92 Å². The summed E-state index contributed by atoms with van der Waals surface area (Å²) < 4.78 is 31.0. The molecule has 1 heterocycles. The number of alkyl halides is 3. The van der Waals surface area contributed by atoms with E-state index in [0.29, 0.717) is 0 Å². The molecule has 0 bridgehead atoms. The second-order valence-electron chi connectivity index (χ2n) is 3.47. The van der Waals surface area contributed by atoms with Gasteiger partial charge < -0.3 is 0 Å². The van der Waals surface area contributed by atoms with E-state index >= 15 is 0 Å². The van der Waals surface area contributed by atoms with Crippen molar-refractivity contribution in [3.63, 3.8) is 0 Å². The molecule has 1 aliphatic heterocycles. The average Bonchev–Trinajstić information content (AvgIpc) is 2.18. The second-order valence-corrected chi connectivity index (χ2v) is 8.68. The van der Waals surface area contributed by atoms with E-state index in [1.54, 1.807) is 10.2 Å². The minimum absolute atomic E-state index is 0.231. The van der Waals surface area contributed by atoms with E-state index in [2.05, 4.69) is 11.4 Å². The van der Waals surface area contributed by atoms with E-state index in [0.717, 1.165) is 18.4 Å². The van der Waals surface area contributed by atoms with Crippen molar-refractivity contribution in [2.24, 2.45) is 0 Å². The quantitative estimate of drug-likeness (QED) is 0.431. The molecule has 0 saturated carbocycles. The van der Waals surface area contributed by atoms with Crippen molar-refractivity contribution in [2.75, 3.05) is 0 Å². The Balaban J connectivity index is 3.12. The molecular formula is C11H14F2I2. The predicted octanol–water partition coefficient (Wildman–Crippen LogP) is 4.77. The minimum Gasteiger partial charge on any atom is -0.190 e. The lowest BCUT2D eigenvalue weighted by Gasteiger charge is -2.14. The molecule has 0 nitrogen and oxygen atoms in total. The molecule has 0 radical (unpaired) electrons. The van der Waals surface area contributed by atoms with Crippen LogP contribution in [0.2, 0.25) is 0 Å². The Hall–Kier alpha value is 0.540. The molecular weight excluding hydrogens is 424 g/mol. The summed E-state index contributed by atoms with van der Waals surface area (Å²) in [5.41, 5.74) is 1.29. The molecule has 0 spiro atoms. The summed E-state index contributed by atoms with van der Waals surface area (Å²) in [6.45, 7) is 4.01. The molecule has 0 unspecified atom stereocenters. The van der Waals surface area contributed by atoms with Crippen molar-refractivity contribution < 1.29 is 8.78 Å². The molecule has 0 saturated heterocycles. The maximum atomic E-state index is 13.5. The number of rotatable bonds is 2. The van der Waals surface area contributed by atoms with Gasteiger partial charge in [0.2, 0.25) is 0 Å². The van der Waals surface area contributed by atoms with Crippen molar-refractivity contribution in [3.8, 4) is 0 Å². The van der Waals surface area contributed by atoms with Crippen LogP contribution in [0.1, 0.15) is 26.7 Å². The van der Waals surface area contributed by atoms with E-state index in [1.165, 1.54) is 3.51 Å². The van der Waals surface area contributed by atoms with Gasteiger partial charge in [-0.1, -0.05) is 36.9 Å². The number of halogens is 4. The lowest BCUT2D eigenvalue weighted by atomic mass is 10.1. The van der Waals surface area contributed by atoms with Crippen molar-refractivity contribution in [2.45, 2.75) is 30.6 Å². The van der Waals surface area contributed by atoms with Gasteiger partial charge in [-0.15, -0.1) is 0 Å². The van der Waals surface area contributed by atoms with Gasteiger partial charge in [0.15, 0.2) is 0 Å². The normalized spacial score (nSPS) is 19.1. The Kier molecular flexibility index (Phi) is 5.21. The first-order chi connectivity index (χ1) is 6.95. The molecule has 1 rings (SSSR count). The highest BCUT2D eigenvalue weighted by Crippen LogP contribution is 2.38. The maximum Gasteiger partial charge on any atom is 0.316 e. The van der Waals surface area contributed by atoms with E-state index in [4.69, 9.17) is 0 Å². The van der Waals surface area contributed by atoms with Crippen LogP contribution in [0.4, 0.5) is 8.78 Å². The van der Waals surface area contributed by atoms with E-state index < -0.39 is 24.7 Å². The Bertz CT molecular complexity index is 352. The highest BCUT2D eigenvalue weighted by atomic mass is 127. The van der Waals surface area contributed by atoms with Crippen LogP contribution >= 0.6 is 41.5 Å². The van der Waals surface area contributed by atoms with Crippen molar-refractivity contribution >= 4 is 49.5 Å². The van der Waals surface area contributed by atoms with Crippen LogP contribution in [-0.2, 0) is 0 Å². The fraction of sp³-hybridized carbons (Fsp3) is 0.455. The van der Waals surface area contributed by atoms with Crippen molar-refractivity contribution in [3.05, 3.63) is 21.3 Å². The van der Waals surface area contributed by atoms with E-state index in [-0.39, 0.29) is 26.3 Å². The fourth-order valence-electron chi connectivity index (χ4n) is 1.17. The summed E-state index contributed by atoms with van der Waals surface area (Å²) in [5.74, 6) is 0. The zero-order valence-electron chi connectivity index (χ0n) is 8.79. The minimum atomic E-state index is -2.64. The zero-order valence-corrected chi connectivity index (χ0v) is 13.1. The lowest BCUT2D eigenvalue weighted by molar-refractivity contribution is 0.173. The highest BCUT2D eigenvalue weighted by molar-refractivity contribution is 14.2. The summed E-state index contributed by atoms with van der Waals surface area (Å²) in [7, 11) is 0. The maximum absolute atomic E-state index is 13.5. The summed E-state index contributed by atoms with van der Waals surface area (Å²) in [6, 6.07) is 0. The molecule has 0 aromatic heterocycles. The molecule has 0 N–H and O–H groups in total. The third-order valence-electron chi connectivity index (χ3n) is 2.12. The zero-order chi connectivity index (χ0) is 11.5. The van der Waals surface area contributed by atoms with Gasteiger partial charge in [0.1, 0.15) is 0 Å². The molecule has 0 atom stereocenters. The van der Waals surface area contributed by atoms with Gasteiger partial charge in [-0.25, -0.2) is 0 Å². The third-order valence-corrected chi connectivity index (χ3v) is 6.29. The summed E-state index contributed by atoms with van der Waals surface area (Å²) in [4.78, 5) is 0. The average molecular weight is 438 g/mol. The summed E-state index contributed by atoms with van der Waals surface area (Å²) in [6.07, 6.45) is 3.66. The molecule has 0 aromatic rings. The van der Waals surface area contributed by atoms with E-state index in [9.17, 15) is 8.78 Å². The van der Waals surface area contributed by atoms with Crippen LogP contribution in [0, 0.1) is 0 Å². The molecule has 15 heavy (non-hydrogen) atoms. The monoisotopic (exact) mass is 438 g/mol. The largest absolute Gasteiger partial charge is 0.316 e. The van der Waals surface area contributed by atoms with Crippen LogP contribution in [0.3, 0.4) is 0 Å². The Labute approximate surface area is 109 Å². The molecule has 1 aliphatic rings. The van der Waals surface area contributed by atoms with Gasteiger partial charge in [-0.2, -0.15) is 8.78 Å². The first kappa shape index (κ1) is 13.6. The van der Waals surface area contributed by atoms with Gasteiger partial charge in [0.25, 0.3) is 0 Å². The van der Waals surface area contributed by atoms with Crippen LogP contribution in [0.25, 0.3) is 0 Å². The lowest BCUT2D eigenvalue weighted by Crippen LogP contribution is -2.09. The molecule has 0 aromatic carbocycles. The first-order valence-corrected chi connectivity index (χ1v) is 9.49. The number of hydrogen-bond donors (Lipinski definition) is 0. The Morgan fingerprint density at radius 2 is 2.07 bits per heavy atom. The second kappa shape index (κ2) is 5.75. The number of hydrogen-bond acceptors (Lipinski definition) is 0. The predicted molar refractivity (Wildman–Crippen MR) is 81.9 cm³/mol. The van der Waals surface area contributed by atoms with Crippen molar-refractivity contribution in [1.82, 2.24) is 0 Å². The molecule has 0 fully saturated rings. The van der Waals surface area contributed by atoms with Crippen LogP contribution in [0.15, 0.2) is 21.3 Å². The fourth-order valence-corrected chi connectivity index (χ4v) is 4.53. The van der Waals surface area contributed by atoms with Gasteiger partial charge in [0, 0.05) is 5.57 Å². The van der Waals surface area contributed by atoms with Gasteiger partial charge in [0.05, 0.1) is 0 Å². The summed E-state index contributed by atoms with van der Waals surface area (Å²) >= 11 is -1.61. The smallest absolute Gasteiger partial charge is 0.190 e. The SMILES string of the molecule is C=IC(F)(F)C1=CI=C(C)CCC(C)=C1. The number of allylic oxidation sites excluding steroid dienone is 3. The topological polar surface area (TPSA) is 0 Å². The van der Waals surface area contributed by atoms with Gasteiger partial charge >= 0.3 is 3.93 Å². The third kappa shape index (κ3) is 4.13. The summed E-state index contributed by atoms with van der Waals surface area (Å²) in [5, 5.41) is 0. The molecule has 0 amide bonds. The van der Waals surface area contributed by atoms with Crippen LogP contribution < -0.4 is 0 Å². The highest BCUT2D eigenvalue weighted by Gasteiger charge is 2.29. The standard InChI is InChI=1S/C11H14F2I2/c1-8-4-5-9(2)15-7-10(6-8)11(12,13)14-3/h6-7H,3-5H2,1-2H3. The Morgan fingerprint density at radius 1 is 1.40 bits per heavy atom. The molecule has 0 aliphatic carbocycles. The van der Waals surface area contributed by atoms with Gasteiger partial charge in [-0.05, 0) is 55.0 Å². The molecule has 86 valence electrons. The molecule has 4 heteroatoms. The first-order valence-electron chi connectivity index (χ1n) is 4.56. The van der Waals surface area contributed by atoms with Crippen molar-refractivity contribution in [1.29, 1.82) is 0 Å². The van der Waals surface area contributed by atoms with Crippen LogP contribution in [0.5, 0.6) is 0 Å². The van der Waals surface area contributed by atoms with Crippen LogP contribution in [-0.4, -0.2) is 12.0 Å². The van der Waals surface area contributed by atoms with Gasteiger partial charge in [-0.3, -0.25) is 0 Å². The Morgan fingerprint density at radius 3 is 2.67 bits per heavy atom.